The second-order valence-corrected chi connectivity index (χ2v) is 7.90. The van der Waals surface area contributed by atoms with Crippen molar-refractivity contribution in [2.24, 2.45) is 0 Å². The zero-order valence-electron chi connectivity index (χ0n) is 19.0. The van der Waals surface area contributed by atoms with Crippen molar-refractivity contribution in [3.05, 3.63) is 35.9 Å². The van der Waals surface area contributed by atoms with E-state index < -0.39 is 0 Å². The Bertz CT molecular complexity index is 613. The van der Waals surface area contributed by atoms with E-state index in [0.717, 1.165) is 63.3 Å². The van der Waals surface area contributed by atoms with Crippen LogP contribution in [0.5, 0.6) is 0 Å². The van der Waals surface area contributed by atoms with Crippen molar-refractivity contribution in [3.63, 3.8) is 0 Å². The van der Waals surface area contributed by atoms with Crippen LogP contribution in [0.25, 0.3) is 0 Å². The zero-order chi connectivity index (χ0) is 22.2. The van der Waals surface area contributed by atoms with Crippen molar-refractivity contribution in [3.8, 4) is 0 Å². The van der Waals surface area contributed by atoms with E-state index >= 15 is 0 Å². The van der Waals surface area contributed by atoms with Crippen LogP contribution < -0.4 is 10.6 Å². The predicted molar refractivity (Wildman–Crippen MR) is 124 cm³/mol. The molecular weight excluding hydrogens is 376 g/mol. The molecule has 30 heavy (non-hydrogen) atoms. The van der Waals surface area contributed by atoms with Gasteiger partial charge in [-0.2, -0.15) is 0 Å². The molecule has 0 saturated carbocycles. The van der Waals surface area contributed by atoms with Crippen molar-refractivity contribution in [1.29, 1.82) is 5.41 Å². The quantitative estimate of drug-likeness (QED) is 0.171. The molecule has 6 heteroatoms. The number of hydrogen-bond donors (Lipinski definition) is 3. The van der Waals surface area contributed by atoms with Crippen molar-refractivity contribution in [2.75, 3.05) is 13.1 Å². The van der Waals surface area contributed by atoms with E-state index in [9.17, 15) is 9.59 Å². The predicted octanol–water partition coefficient (Wildman–Crippen LogP) is 4.42. The summed E-state index contributed by atoms with van der Waals surface area (Å²) in [6.07, 6.45) is 8.77. The Morgan fingerprint density at radius 2 is 1.70 bits per heavy atom. The Morgan fingerprint density at radius 3 is 2.27 bits per heavy atom. The number of nitrogens with zero attached hydrogens (tertiary/aromatic N) is 1. The summed E-state index contributed by atoms with van der Waals surface area (Å²) in [5.74, 6) is 0.0136. The third-order valence-electron chi connectivity index (χ3n) is 5.39. The largest absolute Gasteiger partial charge is 0.356 e. The maximum absolute atomic E-state index is 12.3. The maximum atomic E-state index is 12.3. The van der Waals surface area contributed by atoms with Gasteiger partial charge in [0.2, 0.25) is 12.3 Å². The van der Waals surface area contributed by atoms with Crippen LogP contribution in [0.2, 0.25) is 0 Å². The van der Waals surface area contributed by atoms with Gasteiger partial charge in [0.15, 0.2) is 5.96 Å². The lowest BCUT2D eigenvalue weighted by Gasteiger charge is -2.25. The van der Waals surface area contributed by atoms with Gasteiger partial charge in [0.05, 0.1) is 5.92 Å². The van der Waals surface area contributed by atoms with Gasteiger partial charge in [-0.3, -0.25) is 19.9 Å². The molecule has 0 bridgehead atoms. The lowest BCUT2D eigenvalue weighted by molar-refractivity contribution is -0.122. The number of guanidine groups is 1. The van der Waals surface area contributed by atoms with Gasteiger partial charge in [-0.25, -0.2) is 0 Å². The third-order valence-corrected chi connectivity index (χ3v) is 5.39. The van der Waals surface area contributed by atoms with E-state index in [2.05, 4.69) is 24.5 Å². The first-order chi connectivity index (χ1) is 14.5. The molecule has 3 N–H and O–H groups in total. The van der Waals surface area contributed by atoms with Gasteiger partial charge in [0.1, 0.15) is 0 Å². The standard InChI is InChI=1S/C24H40N4O2/c1-4-6-15-22(16-7-5-2)27-24(25)28(19-29)18-12-11-17-26-23(30)20(3)21-13-9-8-10-14-21/h8-10,13-14,19-20,22H,4-7,11-12,15-18H2,1-3H3,(H2,25,27)(H,26,30). The van der Waals surface area contributed by atoms with Crippen molar-refractivity contribution < 1.29 is 9.59 Å². The summed E-state index contributed by atoms with van der Waals surface area (Å²) in [6, 6.07) is 9.97. The Labute approximate surface area is 182 Å². The molecule has 0 radical (unpaired) electrons. The molecule has 0 saturated heterocycles. The Hall–Kier alpha value is -2.37. The summed E-state index contributed by atoms with van der Waals surface area (Å²) >= 11 is 0. The molecule has 1 unspecified atom stereocenters. The first-order valence-electron chi connectivity index (χ1n) is 11.4. The number of amides is 2. The van der Waals surface area contributed by atoms with Gasteiger partial charge in [0.25, 0.3) is 0 Å². The van der Waals surface area contributed by atoms with Crippen LogP contribution in [-0.2, 0) is 9.59 Å². The van der Waals surface area contributed by atoms with Crippen LogP contribution in [0.4, 0.5) is 0 Å². The zero-order valence-corrected chi connectivity index (χ0v) is 19.0. The van der Waals surface area contributed by atoms with Crippen LogP contribution in [0.1, 0.15) is 83.6 Å². The highest BCUT2D eigenvalue weighted by molar-refractivity contribution is 5.86. The summed E-state index contributed by atoms with van der Waals surface area (Å²) in [5.41, 5.74) is 1.00. The minimum Gasteiger partial charge on any atom is -0.356 e. The number of carbonyl (C=O) groups is 2. The molecule has 0 fully saturated rings. The number of hydrogen-bond acceptors (Lipinski definition) is 3. The molecule has 0 aromatic heterocycles. The van der Waals surface area contributed by atoms with E-state index in [4.69, 9.17) is 5.41 Å². The summed E-state index contributed by atoms with van der Waals surface area (Å²) in [7, 11) is 0. The molecule has 1 aromatic rings. The second kappa shape index (κ2) is 15.5. The van der Waals surface area contributed by atoms with Crippen molar-refractivity contribution in [1.82, 2.24) is 15.5 Å². The Morgan fingerprint density at radius 1 is 1.07 bits per heavy atom. The van der Waals surface area contributed by atoms with Gasteiger partial charge in [-0.15, -0.1) is 0 Å². The normalized spacial score (nSPS) is 11.7. The van der Waals surface area contributed by atoms with Crippen LogP contribution in [0, 0.1) is 5.41 Å². The van der Waals surface area contributed by atoms with Crippen LogP contribution in [-0.4, -0.2) is 42.3 Å². The van der Waals surface area contributed by atoms with E-state index in [-0.39, 0.29) is 23.8 Å². The molecular formula is C24H40N4O2. The average molecular weight is 417 g/mol. The number of rotatable bonds is 15. The van der Waals surface area contributed by atoms with Crippen LogP contribution >= 0.6 is 0 Å². The van der Waals surface area contributed by atoms with E-state index in [0.29, 0.717) is 13.1 Å². The van der Waals surface area contributed by atoms with Gasteiger partial charge in [-0.1, -0.05) is 69.9 Å². The number of benzene rings is 1. The molecule has 6 nitrogen and oxygen atoms in total. The monoisotopic (exact) mass is 416 g/mol. The fourth-order valence-corrected chi connectivity index (χ4v) is 3.35. The summed E-state index contributed by atoms with van der Waals surface area (Å²) in [4.78, 5) is 25.2. The lowest BCUT2D eigenvalue weighted by atomic mass is 10.0. The molecule has 0 aliphatic heterocycles. The SMILES string of the molecule is CCCCC(CCCC)NC(=N)N(C=O)CCCCNC(=O)C(C)c1ccccc1. The van der Waals surface area contributed by atoms with Gasteiger partial charge in [0, 0.05) is 19.1 Å². The second-order valence-electron chi connectivity index (χ2n) is 7.90. The molecule has 1 rings (SSSR count). The smallest absolute Gasteiger partial charge is 0.227 e. The lowest BCUT2D eigenvalue weighted by Crippen LogP contribution is -2.45. The van der Waals surface area contributed by atoms with Crippen LogP contribution in [0.3, 0.4) is 0 Å². The summed E-state index contributed by atoms with van der Waals surface area (Å²) in [6.45, 7) is 7.28. The van der Waals surface area contributed by atoms with E-state index in [1.807, 2.05) is 37.3 Å². The first-order valence-corrected chi connectivity index (χ1v) is 11.4. The minimum atomic E-state index is -0.182. The van der Waals surface area contributed by atoms with Crippen molar-refractivity contribution >= 4 is 18.3 Å². The fraction of sp³-hybridized carbons (Fsp3) is 0.625. The molecule has 0 aliphatic carbocycles. The topological polar surface area (TPSA) is 85.3 Å². The average Bonchev–Trinajstić information content (AvgIpc) is 2.77. The summed E-state index contributed by atoms with van der Waals surface area (Å²) in [5, 5.41) is 14.5. The Balaban J connectivity index is 2.34. The molecule has 168 valence electrons. The fourth-order valence-electron chi connectivity index (χ4n) is 3.35. The number of unbranched alkanes of at least 4 members (excludes halogenated alkanes) is 3. The maximum Gasteiger partial charge on any atom is 0.227 e. The third kappa shape index (κ3) is 9.90. The molecule has 1 atom stereocenters. The molecule has 0 spiro atoms. The van der Waals surface area contributed by atoms with Gasteiger partial charge < -0.3 is 10.6 Å². The van der Waals surface area contributed by atoms with Gasteiger partial charge >= 0.3 is 0 Å². The van der Waals surface area contributed by atoms with E-state index in [1.54, 1.807) is 0 Å². The molecule has 0 aliphatic rings. The number of nitrogens with one attached hydrogen (secondary N) is 3. The number of carbonyl (C=O) groups excluding carboxylic acids is 2. The molecule has 1 aromatic carbocycles. The molecule has 0 heterocycles. The highest BCUT2D eigenvalue weighted by Crippen LogP contribution is 2.14. The minimum absolute atomic E-state index is 0.0116. The van der Waals surface area contributed by atoms with E-state index in [1.165, 1.54) is 4.90 Å². The van der Waals surface area contributed by atoms with Crippen molar-refractivity contribution in [2.45, 2.75) is 84.1 Å². The van der Waals surface area contributed by atoms with Crippen LogP contribution in [0.15, 0.2) is 30.3 Å². The summed E-state index contributed by atoms with van der Waals surface area (Å²) < 4.78 is 0. The van der Waals surface area contributed by atoms with Gasteiger partial charge in [-0.05, 0) is 38.2 Å². The molecule has 2 amide bonds. The first kappa shape index (κ1) is 25.7. The Kier molecular flexibility index (Phi) is 13.2. The highest BCUT2D eigenvalue weighted by Gasteiger charge is 2.15. The highest BCUT2D eigenvalue weighted by atomic mass is 16.2.